The molecular formula is C26H20N2O2. The Morgan fingerprint density at radius 3 is 2.10 bits per heavy atom. The molecule has 0 fully saturated rings. The molecule has 0 saturated heterocycles. The van der Waals surface area contributed by atoms with E-state index in [-0.39, 0.29) is 11.8 Å². The first kappa shape index (κ1) is 19.2. The second-order valence-electron chi connectivity index (χ2n) is 6.76. The summed E-state index contributed by atoms with van der Waals surface area (Å²) in [6, 6.07) is 30.0. The van der Waals surface area contributed by atoms with Crippen molar-refractivity contribution in [2.75, 3.05) is 10.6 Å². The summed E-state index contributed by atoms with van der Waals surface area (Å²) >= 11 is 0. The van der Waals surface area contributed by atoms with Crippen molar-refractivity contribution in [3.05, 3.63) is 114 Å². The van der Waals surface area contributed by atoms with Gasteiger partial charge in [-0.2, -0.15) is 0 Å². The molecule has 0 heterocycles. The van der Waals surface area contributed by atoms with Gasteiger partial charge in [0.25, 0.3) is 5.91 Å². The molecule has 2 amide bonds. The standard InChI is InChI=1S/C26H20N2O2/c29-24(18-15-19-9-3-1-4-10-19)28-25-22-14-8-7-11-20(22)16-17-23(25)27-26(30)21-12-5-2-6-13-21/h1-18H,(H,27,30)(H,28,29). The zero-order valence-electron chi connectivity index (χ0n) is 16.2. The van der Waals surface area contributed by atoms with Crippen LogP contribution in [-0.2, 0) is 4.79 Å². The minimum absolute atomic E-state index is 0.235. The first-order chi connectivity index (χ1) is 14.7. The number of rotatable bonds is 5. The number of carbonyl (C=O) groups excluding carboxylic acids is 2. The third-order valence-electron chi connectivity index (χ3n) is 4.69. The van der Waals surface area contributed by atoms with Crippen LogP contribution in [0.1, 0.15) is 15.9 Å². The average Bonchev–Trinajstić information content (AvgIpc) is 2.80. The zero-order valence-corrected chi connectivity index (χ0v) is 16.2. The third kappa shape index (κ3) is 4.45. The highest BCUT2D eigenvalue weighted by atomic mass is 16.2. The number of nitrogens with one attached hydrogen (secondary N) is 2. The predicted molar refractivity (Wildman–Crippen MR) is 122 cm³/mol. The van der Waals surface area contributed by atoms with E-state index in [9.17, 15) is 9.59 Å². The van der Waals surface area contributed by atoms with Gasteiger partial charge in [0.05, 0.1) is 11.4 Å². The number of amides is 2. The lowest BCUT2D eigenvalue weighted by molar-refractivity contribution is -0.111. The molecule has 4 aromatic rings. The summed E-state index contributed by atoms with van der Waals surface area (Å²) < 4.78 is 0. The second-order valence-corrected chi connectivity index (χ2v) is 6.76. The van der Waals surface area contributed by atoms with Crippen LogP contribution in [-0.4, -0.2) is 11.8 Å². The highest BCUT2D eigenvalue weighted by molar-refractivity contribution is 6.14. The van der Waals surface area contributed by atoms with Crippen molar-refractivity contribution >= 4 is 40.0 Å². The molecule has 0 saturated carbocycles. The molecule has 0 bridgehead atoms. The molecule has 4 rings (SSSR count). The third-order valence-corrected chi connectivity index (χ3v) is 4.69. The highest BCUT2D eigenvalue weighted by Gasteiger charge is 2.13. The van der Waals surface area contributed by atoms with Crippen molar-refractivity contribution in [3.8, 4) is 0 Å². The lowest BCUT2D eigenvalue weighted by Crippen LogP contribution is -2.15. The predicted octanol–water partition coefficient (Wildman–Crippen LogP) is 5.74. The second kappa shape index (κ2) is 8.88. The normalized spacial score (nSPS) is 10.8. The van der Waals surface area contributed by atoms with E-state index in [0.717, 1.165) is 16.3 Å². The van der Waals surface area contributed by atoms with Crippen molar-refractivity contribution in [3.63, 3.8) is 0 Å². The van der Waals surface area contributed by atoms with Crippen LogP contribution >= 0.6 is 0 Å². The molecule has 4 nitrogen and oxygen atoms in total. The first-order valence-corrected chi connectivity index (χ1v) is 9.63. The number of benzene rings is 4. The lowest BCUT2D eigenvalue weighted by atomic mass is 10.1. The zero-order chi connectivity index (χ0) is 20.8. The van der Waals surface area contributed by atoms with Crippen LogP contribution in [0.2, 0.25) is 0 Å². The van der Waals surface area contributed by atoms with Gasteiger partial charge in [-0.25, -0.2) is 0 Å². The van der Waals surface area contributed by atoms with Crippen LogP contribution in [0.4, 0.5) is 11.4 Å². The van der Waals surface area contributed by atoms with E-state index >= 15 is 0 Å². The summed E-state index contributed by atoms with van der Waals surface area (Å²) in [5, 5.41) is 7.68. The summed E-state index contributed by atoms with van der Waals surface area (Å²) in [6.45, 7) is 0. The fourth-order valence-corrected chi connectivity index (χ4v) is 3.20. The first-order valence-electron chi connectivity index (χ1n) is 9.63. The maximum Gasteiger partial charge on any atom is 0.255 e. The van der Waals surface area contributed by atoms with Gasteiger partial charge in [0.2, 0.25) is 5.91 Å². The average molecular weight is 392 g/mol. The van der Waals surface area contributed by atoms with Crippen molar-refractivity contribution in [1.29, 1.82) is 0 Å². The summed E-state index contributed by atoms with van der Waals surface area (Å²) in [4.78, 5) is 25.3. The quantitative estimate of drug-likeness (QED) is 0.425. The Kier molecular flexibility index (Phi) is 5.67. The molecule has 0 aliphatic rings. The number of carbonyl (C=O) groups is 2. The molecule has 0 unspecified atom stereocenters. The Morgan fingerprint density at radius 1 is 0.667 bits per heavy atom. The Labute approximate surface area is 174 Å². The Balaban J connectivity index is 1.64. The minimum Gasteiger partial charge on any atom is -0.320 e. The van der Waals surface area contributed by atoms with Crippen LogP contribution in [0.5, 0.6) is 0 Å². The van der Waals surface area contributed by atoms with Crippen LogP contribution in [0.25, 0.3) is 16.8 Å². The summed E-state index contributed by atoms with van der Waals surface area (Å²) in [6.07, 6.45) is 3.24. The van der Waals surface area contributed by atoms with E-state index < -0.39 is 0 Å². The molecule has 0 aliphatic heterocycles. The number of fused-ring (bicyclic) bond motifs is 1. The van der Waals surface area contributed by atoms with E-state index in [1.165, 1.54) is 6.08 Å². The van der Waals surface area contributed by atoms with Gasteiger partial charge in [-0.05, 0) is 35.2 Å². The number of anilines is 2. The Bertz CT molecular complexity index is 1220. The summed E-state index contributed by atoms with van der Waals surface area (Å²) in [5.41, 5.74) is 2.60. The van der Waals surface area contributed by atoms with Gasteiger partial charge in [-0.1, -0.05) is 78.9 Å². The summed E-state index contributed by atoms with van der Waals surface area (Å²) in [5.74, 6) is -0.508. The van der Waals surface area contributed by atoms with Gasteiger partial charge in [0.15, 0.2) is 0 Å². The Morgan fingerprint density at radius 2 is 1.33 bits per heavy atom. The van der Waals surface area contributed by atoms with E-state index in [4.69, 9.17) is 0 Å². The maximum absolute atomic E-state index is 12.7. The molecule has 146 valence electrons. The SMILES string of the molecule is O=C(C=Cc1ccccc1)Nc1c(NC(=O)c2ccccc2)ccc2ccccc12. The van der Waals surface area contributed by atoms with Crippen molar-refractivity contribution in [2.24, 2.45) is 0 Å². The van der Waals surface area contributed by atoms with Crippen molar-refractivity contribution in [1.82, 2.24) is 0 Å². The van der Waals surface area contributed by atoms with Gasteiger partial charge in [0.1, 0.15) is 0 Å². The molecule has 2 N–H and O–H groups in total. The van der Waals surface area contributed by atoms with Gasteiger partial charge in [0, 0.05) is 17.0 Å². The molecular weight excluding hydrogens is 372 g/mol. The molecule has 4 heteroatoms. The van der Waals surface area contributed by atoms with Crippen LogP contribution in [0, 0.1) is 0 Å². The molecule has 4 aromatic carbocycles. The van der Waals surface area contributed by atoms with Crippen LogP contribution in [0.15, 0.2) is 103 Å². The van der Waals surface area contributed by atoms with Gasteiger partial charge < -0.3 is 10.6 Å². The van der Waals surface area contributed by atoms with Crippen LogP contribution < -0.4 is 10.6 Å². The largest absolute Gasteiger partial charge is 0.320 e. The van der Waals surface area contributed by atoms with Crippen molar-refractivity contribution < 1.29 is 9.59 Å². The molecule has 30 heavy (non-hydrogen) atoms. The van der Waals surface area contributed by atoms with Gasteiger partial charge >= 0.3 is 0 Å². The van der Waals surface area contributed by atoms with E-state index in [1.807, 2.05) is 78.9 Å². The molecule has 0 atom stereocenters. The van der Waals surface area contributed by atoms with Gasteiger partial charge in [-0.3, -0.25) is 9.59 Å². The fourth-order valence-electron chi connectivity index (χ4n) is 3.20. The molecule has 0 radical (unpaired) electrons. The van der Waals surface area contributed by atoms with Gasteiger partial charge in [-0.15, -0.1) is 0 Å². The number of hydrogen-bond acceptors (Lipinski definition) is 2. The van der Waals surface area contributed by atoms with E-state index in [1.54, 1.807) is 24.3 Å². The number of hydrogen-bond donors (Lipinski definition) is 2. The minimum atomic E-state index is -0.273. The lowest BCUT2D eigenvalue weighted by Gasteiger charge is -2.14. The summed E-state index contributed by atoms with van der Waals surface area (Å²) in [7, 11) is 0. The fraction of sp³-hybridized carbons (Fsp3) is 0. The monoisotopic (exact) mass is 392 g/mol. The topological polar surface area (TPSA) is 58.2 Å². The van der Waals surface area contributed by atoms with E-state index in [2.05, 4.69) is 10.6 Å². The Hall–Kier alpha value is -4.18. The molecule has 0 spiro atoms. The van der Waals surface area contributed by atoms with Crippen LogP contribution in [0.3, 0.4) is 0 Å². The molecule has 0 aromatic heterocycles. The van der Waals surface area contributed by atoms with E-state index in [0.29, 0.717) is 16.9 Å². The highest BCUT2D eigenvalue weighted by Crippen LogP contribution is 2.32. The molecule has 0 aliphatic carbocycles. The smallest absolute Gasteiger partial charge is 0.255 e. The maximum atomic E-state index is 12.7. The van der Waals surface area contributed by atoms with Crippen molar-refractivity contribution in [2.45, 2.75) is 0 Å².